The summed E-state index contributed by atoms with van der Waals surface area (Å²) in [5, 5.41) is 8.80. The lowest BCUT2D eigenvalue weighted by Crippen LogP contribution is -2.08. The smallest absolute Gasteiger partial charge is 0.339 e. The first kappa shape index (κ1) is 11.0. The molecule has 1 N–H and O–H groups in total. The summed E-state index contributed by atoms with van der Waals surface area (Å²) in [7, 11) is 0. The molecule has 0 aromatic carbocycles. The van der Waals surface area contributed by atoms with Crippen molar-refractivity contribution < 1.29 is 14.6 Å². The van der Waals surface area contributed by atoms with Crippen molar-refractivity contribution in [1.82, 2.24) is 9.97 Å². The van der Waals surface area contributed by atoms with E-state index in [1.54, 1.807) is 6.92 Å². The van der Waals surface area contributed by atoms with Gasteiger partial charge in [-0.25, -0.2) is 14.8 Å². The van der Waals surface area contributed by atoms with E-state index in [-0.39, 0.29) is 5.56 Å². The van der Waals surface area contributed by atoms with Crippen molar-refractivity contribution >= 4 is 5.97 Å². The number of aryl methyl sites for hydroxylation is 1. The van der Waals surface area contributed by atoms with E-state index in [1.807, 2.05) is 0 Å². The molecule has 1 fully saturated rings. The molecule has 0 amide bonds. The molecule has 1 aliphatic rings. The van der Waals surface area contributed by atoms with E-state index in [9.17, 15) is 4.79 Å². The van der Waals surface area contributed by atoms with Gasteiger partial charge in [-0.05, 0) is 25.7 Å². The lowest BCUT2D eigenvalue weighted by atomic mass is 10.2. The van der Waals surface area contributed by atoms with Gasteiger partial charge in [-0.15, -0.1) is 0 Å². The summed E-state index contributed by atoms with van der Waals surface area (Å²) in [6.07, 6.45) is 3.83. The Morgan fingerprint density at radius 1 is 1.62 bits per heavy atom. The van der Waals surface area contributed by atoms with E-state index in [2.05, 4.69) is 9.97 Å². The van der Waals surface area contributed by atoms with Gasteiger partial charge in [0.25, 0.3) is 0 Å². The quantitative estimate of drug-likeness (QED) is 0.815. The molecule has 0 radical (unpaired) electrons. The molecule has 1 saturated carbocycles. The first-order valence-corrected chi connectivity index (χ1v) is 5.30. The van der Waals surface area contributed by atoms with Crippen LogP contribution >= 0.6 is 0 Å². The number of rotatable bonds is 5. The number of aromatic carboxylic acids is 1. The summed E-state index contributed by atoms with van der Waals surface area (Å²) in [6.45, 7) is 2.77. The van der Waals surface area contributed by atoms with Crippen LogP contribution in [0.2, 0.25) is 0 Å². The molecule has 1 aliphatic carbocycles. The summed E-state index contributed by atoms with van der Waals surface area (Å²) in [6, 6.07) is 0. The number of nitrogens with zero attached hydrogens (tertiary/aromatic N) is 2. The van der Waals surface area contributed by atoms with Crippen LogP contribution in [-0.4, -0.2) is 27.7 Å². The highest BCUT2D eigenvalue weighted by Gasteiger charge is 2.21. The minimum absolute atomic E-state index is 0.144. The molecule has 0 aliphatic heterocycles. The van der Waals surface area contributed by atoms with Crippen LogP contribution in [0.15, 0.2) is 6.20 Å². The summed E-state index contributed by atoms with van der Waals surface area (Å²) >= 11 is 0. The molecule has 16 heavy (non-hydrogen) atoms. The molecule has 5 nitrogen and oxygen atoms in total. The molecule has 1 heterocycles. The molecule has 2 rings (SSSR count). The highest BCUT2D eigenvalue weighted by Crippen LogP contribution is 2.28. The zero-order chi connectivity index (χ0) is 11.5. The van der Waals surface area contributed by atoms with Crippen molar-refractivity contribution in [3.05, 3.63) is 23.3 Å². The van der Waals surface area contributed by atoms with Gasteiger partial charge in [0, 0.05) is 12.8 Å². The molecule has 5 heteroatoms. The predicted molar refractivity (Wildman–Crippen MR) is 56.1 cm³/mol. The van der Waals surface area contributed by atoms with E-state index in [4.69, 9.17) is 9.84 Å². The van der Waals surface area contributed by atoms with Gasteiger partial charge in [-0.2, -0.15) is 0 Å². The molecule has 1 aromatic rings. The highest BCUT2D eigenvalue weighted by atomic mass is 16.5. The highest BCUT2D eigenvalue weighted by molar-refractivity contribution is 5.88. The monoisotopic (exact) mass is 222 g/mol. The van der Waals surface area contributed by atoms with Crippen LogP contribution < -0.4 is 0 Å². The van der Waals surface area contributed by atoms with Gasteiger partial charge in [0.1, 0.15) is 6.61 Å². The Hall–Kier alpha value is -1.49. The zero-order valence-corrected chi connectivity index (χ0v) is 9.14. The van der Waals surface area contributed by atoms with Gasteiger partial charge < -0.3 is 9.84 Å². The molecule has 0 saturated heterocycles. The van der Waals surface area contributed by atoms with E-state index in [1.165, 1.54) is 19.0 Å². The molecule has 1 aromatic heterocycles. The van der Waals surface area contributed by atoms with E-state index in [0.717, 1.165) is 6.61 Å². The van der Waals surface area contributed by atoms with E-state index >= 15 is 0 Å². The zero-order valence-electron chi connectivity index (χ0n) is 9.14. The molecule has 0 spiro atoms. The number of ether oxygens (including phenoxy) is 1. The van der Waals surface area contributed by atoms with Crippen molar-refractivity contribution in [2.24, 2.45) is 5.92 Å². The van der Waals surface area contributed by atoms with Crippen LogP contribution in [-0.2, 0) is 11.3 Å². The number of carboxylic acid groups (broad SMARTS) is 1. The maximum absolute atomic E-state index is 10.7. The fourth-order valence-corrected chi connectivity index (χ4v) is 1.40. The third-order valence-electron chi connectivity index (χ3n) is 2.54. The predicted octanol–water partition coefficient (Wildman–Crippen LogP) is 1.41. The number of carboxylic acids is 1. The minimum Gasteiger partial charge on any atom is -0.478 e. The summed E-state index contributed by atoms with van der Waals surface area (Å²) in [5.41, 5.74) is 0.624. The van der Waals surface area contributed by atoms with Gasteiger partial charge in [-0.3, -0.25) is 0 Å². The second-order valence-electron chi connectivity index (χ2n) is 4.05. The lowest BCUT2D eigenvalue weighted by molar-refractivity contribution is 0.0694. The van der Waals surface area contributed by atoms with Crippen molar-refractivity contribution in [2.45, 2.75) is 26.4 Å². The third kappa shape index (κ3) is 2.76. The largest absolute Gasteiger partial charge is 0.478 e. The Morgan fingerprint density at radius 3 is 2.94 bits per heavy atom. The Balaban J connectivity index is 1.93. The van der Waals surface area contributed by atoms with Crippen LogP contribution in [0.3, 0.4) is 0 Å². The summed E-state index contributed by atoms with van der Waals surface area (Å²) < 4.78 is 5.43. The van der Waals surface area contributed by atoms with Crippen LogP contribution in [0.4, 0.5) is 0 Å². The Labute approximate surface area is 93.5 Å². The van der Waals surface area contributed by atoms with E-state index in [0.29, 0.717) is 24.0 Å². The number of hydrogen-bond donors (Lipinski definition) is 1. The maximum Gasteiger partial charge on any atom is 0.339 e. The van der Waals surface area contributed by atoms with Gasteiger partial charge in [0.05, 0.1) is 11.3 Å². The third-order valence-corrected chi connectivity index (χ3v) is 2.54. The Bertz CT molecular complexity index is 402. The Kier molecular flexibility index (Phi) is 3.14. The topological polar surface area (TPSA) is 72.3 Å². The average Bonchev–Trinajstić information content (AvgIpc) is 3.01. The molecular weight excluding hydrogens is 208 g/mol. The van der Waals surface area contributed by atoms with Gasteiger partial charge in [0.2, 0.25) is 0 Å². The second-order valence-corrected chi connectivity index (χ2v) is 4.05. The molecular formula is C11H14N2O3. The standard InChI is InChI=1S/C11H14N2O3/c1-7-9(11(14)15)4-12-10(13-7)6-16-5-8-2-3-8/h4,8H,2-3,5-6H2,1H3,(H,14,15). The maximum atomic E-state index is 10.7. The van der Waals surface area contributed by atoms with Gasteiger partial charge >= 0.3 is 5.97 Å². The summed E-state index contributed by atoms with van der Waals surface area (Å²) in [5.74, 6) is 0.255. The fraction of sp³-hybridized carbons (Fsp3) is 0.545. The first-order chi connectivity index (χ1) is 7.66. The van der Waals surface area contributed by atoms with Crippen LogP contribution in [0, 0.1) is 12.8 Å². The molecule has 86 valence electrons. The normalized spacial score (nSPS) is 15.1. The van der Waals surface area contributed by atoms with Crippen molar-refractivity contribution in [3.63, 3.8) is 0 Å². The van der Waals surface area contributed by atoms with Gasteiger partial charge in [-0.1, -0.05) is 0 Å². The van der Waals surface area contributed by atoms with Crippen LogP contribution in [0.1, 0.15) is 34.7 Å². The molecule has 0 atom stereocenters. The minimum atomic E-state index is -0.997. The second kappa shape index (κ2) is 4.57. The fourth-order valence-electron chi connectivity index (χ4n) is 1.40. The van der Waals surface area contributed by atoms with Crippen LogP contribution in [0.5, 0.6) is 0 Å². The number of carbonyl (C=O) groups is 1. The molecule has 0 unspecified atom stereocenters. The van der Waals surface area contributed by atoms with Crippen molar-refractivity contribution in [2.75, 3.05) is 6.61 Å². The first-order valence-electron chi connectivity index (χ1n) is 5.30. The van der Waals surface area contributed by atoms with E-state index < -0.39 is 5.97 Å². The van der Waals surface area contributed by atoms with Crippen LogP contribution in [0.25, 0.3) is 0 Å². The number of aromatic nitrogens is 2. The number of hydrogen-bond acceptors (Lipinski definition) is 4. The average molecular weight is 222 g/mol. The van der Waals surface area contributed by atoms with Gasteiger partial charge in [0.15, 0.2) is 5.82 Å². The Morgan fingerprint density at radius 2 is 2.38 bits per heavy atom. The summed E-state index contributed by atoms with van der Waals surface area (Å²) in [4.78, 5) is 18.8. The van der Waals surface area contributed by atoms with Crippen molar-refractivity contribution in [3.8, 4) is 0 Å². The lowest BCUT2D eigenvalue weighted by Gasteiger charge is -2.04. The molecule has 0 bridgehead atoms. The SMILES string of the molecule is Cc1nc(COCC2CC2)ncc1C(=O)O. The van der Waals surface area contributed by atoms with Crippen molar-refractivity contribution in [1.29, 1.82) is 0 Å².